The van der Waals surface area contributed by atoms with Gasteiger partial charge in [-0.3, -0.25) is 0 Å². The fraction of sp³-hybridized carbons (Fsp3) is 0.371. The molecule has 3 aliphatic carbocycles. The van der Waals surface area contributed by atoms with Crippen molar-refractivity contribution in [3.8, 4) is 0 Å². The van der Waals surface area contributed by atoms with Crippen LogP contribution in [0.15, 0.2) is 115 Å². The van der Waals surface area contributed by atoms with E-state index < -0.39 is 31.2 Å². The lowest BCUT2D eigenvalue weighted by molar-refractivity contribution is -0.0517. The number of halogens is 3. The molecule has 0 aromatic heterocycles. The Morgan fingerprint density at radius 2 is 1.18 bits per heavy atom. The Bertz CT molecular complexity index is 1560. The molecule has 240 valence electrons. The van der Waals surface area contributed by atoms with E-state index in [0.717, 1.165) is 0 Å². The molecule has 1 unspecified atom stereocenters. The number of alkyl halides is 3. The molecule has 0 aliphatic heterocycles. The van der Waals surface area contributed by atoms with E-state index in [9.17, 15) is 13.2 Å². The summed E-state index contributed by atoms with van der Waals surface area (Å²) in [7, 11) is -10.1. The third kappa shape index (κ3) is 6.21. The third-order valence-corrected chi connectivity index (χ3v) is 19.6. The first-order chi connectivity index (χ1) is 21.0. The maximum absolute atomic E-state index is 10.7. The quantitative estimate of drug-likeness (QED) is 0.0883. The van der Waals surface area contributed by atoms with Crippen molar-refractivity contribution in [1.82, 2.24) is 0 Å². The summed E-state index contributed by atoms with van der Waals surface area (Å²) in [6.07, 6.45) is 8.97. The molecule has 0 N–H and O–H groups in total. The Balaban J connectivity index is 0.000000444. The number of hydrogen-bond donors (Lipinski definition) is 0. The number of benzene rings is 3. The van der Waals surface area contributed by atoms with Gasteiger partial charge in [0.05, 0.1) is 5.76 Å². The van der Waals surface area contributed by atoms with E-state index in [-0.39, 0.29) is 5.04 Å². The first-order valence-electron chi connectivity index (χ1n) is 15.2. The molecule has 1 saturated carbocycles. The lowest BCUT2D eigenvalue weighted by Crippen LogP contribution is -2.42. The minimum absolute atomic E-state index is 0.180. The molecule has 5 atom stereocenters. The number of rotatable bonds is 6. The highest BCUT2D eigenvalue weighted by atomic mass is 32.2. The van der Waals surface area contributed by atoms with Crippen molar-refractivity contribution in [1.29, 1.82) is 0 Å². The molecule has 3 aromatic carbocycles. The van der Waals surface area contributed by atoms with Crippen molar-refractivity contribution in [2.24, 2.45) is 23.7 Å². The summed E-state index contributed by atoms with van der Waals surface area (Å²) in [6, 6.07) is 34.3. The highest BCUT2D eigenvalue weighted by molar-refractivity contribution is 7.96. The highest BCUT2D eigenvalue weighted by Gasteiger charge is 2.64. The van der Waals surface area contributed by atoms with Crippen LogP contribution >= 0.6 is 7.26 Å². The van der Waals surface area contributed by atoms with E-state index in [1.54, 1.807) is 0 Å². The SMILES string of the molecule is CC(C)(C)[Si](C)(C)OC1=CC([P+](c2ccccc2)(c2ccccc2)c2ccccc2)[C@@H]2[C@H]1[C@@H]1C=C[C@H]2C1.O=S(=O)([O-])C(F)(F)F. The van der Waals surface area contributed by atoms with Gasteiger partial charge in [0.25, 0.3) is 0 Å². The number of allylic oxidation sites excluding steroid dienone is 4. The van der Waals surface area contributed by atoms with Gasteiger partial charge in [-0.2, -0.15) is 13.2 Å². The largest absolute Gasteiger partial charge is 0.741 e. The highest BCUT2D eigenvalue weighted by Crippen LogP contribution is 2.70. The van der Waals surface area contributed by atoms with E-state index in [0.29, 0.717) is 29.3 Å². The van der Waals surface area contributed by atoms with E-state index in [1.807, 2.05) is 0 Å². The molecule has 45 heavy (non-hydrogen) atoms. The standard InChI is InChI=1S/C34H40OPSi.CHF3O3S/c1-34(2,3)37(4,5)35-30-24-31(33-26-22-21-25(23-26)32(30)33)36(27-15-9-6-10-16-27,28-17-11-7-12-18-28)29-19-13-8-14-20-29;2-1(3,4)8(5,6)7/h6-22,24-26,31-33H,23H2,1-5H3;(H,5,6,7)/q+1;/p-1/t25-,26+,31?,32+,33-;/m1./s1. The molecular formula is C35H40F3O4PSSi. The summed E-state index contributed by atoms with van der Waals surface area (Å²) in [5.41, 5.74) is -5.23. The summed E-state index contributed by atoms with van der Waals surface area (Å²) >= 11 is 0. The minimum Gasteiger partial charge on any atom is -0.741 e. The third-order valence-electron chi connectivity index (χ3n) is 9.98. The van der Waals surface area contributed by atoms with Crippen LogP contribution in [0.4, 0.5) is 13.2 Å². The zero-order valence-electron chi connectivity index (χ0n) is 26.1. The summed E-state index contributed by atoms with van der Waals surface area (Å²) in [5.74, 6) is 3.64. The average Bonchev–Trinajstić information content (AvgIpc) is 3.69. The Morgan fingerprint density at radius 3 is 1.56 bits per heavy atom. The molecule has 0 amide bonds. The molecule has 4 nitrogen and oxygen atoms in total. The molecule has 6 rings (SSSR count). The molecule has 2 bridgehead atoms. The van der Waals surface area contributed by atoms with Crippen LogP contribution in [0.1, 0.15) is 27.2 Å². The van der Waals surface area contributed by atoms with E-state index in [1.165, 1.54) is 28.1 Å². The summed E-state index contributed by atoms with van der Waals surface area (Å²) < 4.78 is 66.1. The number of fused-ring (bicyclic) bond motifs is 5. The second-order valence-electron chi connectivity index (χ2n) is 13.6. The topological polar surface area (TPSA) is 66.4 Å². The van der Waals surface area contributed by atoms with Crippen LogP contribution in [-0.2, 0) is 14.5 Å². The van der Waals surface area contributed by atoms with Gasteiger partial charge in [0.15, 0.2) is 10.1 Å². The lowest BCUT2D eigenvalue weighted by atomic mass is 9.85. The molecule has 3 aliphatic rings. The fourth-order valence-corrected chi connectivity index (χ4v) is 13.2. The van der Waals surface area contributed by atoms with Gasteiger partial charge < -0.3 is 8.98 Å². The van der Waals surface area contributed by atoms with Crippen molar-refractivity contribution in [3.63, 3.8) is 0 Å². The van der Waals surface area contributed by atoms with Gasteiger partial charge >= 0.3 is 5.51 Å². The zero-order valence-corrected chi connectivity index (χ0v) is 28.8. The summed E-state index contributed by atoms with van der Waals surface area (Å²) in [4.78, 5) is 0. The fourth-order valence-electron chi connectivity index (χ4n) is 6.99. The first kappa shape index (κ1) is 33.6. The monoisotopic (exact) mass is 672 g/mol. The number of hydrogen-bond acceptors (Lipinski definition) is 4. The second kappa shape index (κ2) is 12.1. The first-order valence-corrected chi connectivity index (χ1v) is 21.3. The Morgan fingerprint density at radius 1 is 0.778 bits per heavy atom. The summed E-state index contributed by atoms with van der Waals surface area (Å²) in [5, 5.41) is 4.62. The molecule has 10 heteroatoms. The van der Waals surface area contributed by atoms with Gasteiger partial charge in [0.1, 0.15) is 28.8 Å². The Hall–Kier alpha value is -2.71. The van der Waals surface area contributed by atoms with Gasteiger partial charge in [0, 0.05) is 11.8 Å². The second-order valence-corrected chi connectivity index (χ2v) is 23.3. The van der Waals surface area contributed by atoms with Gasteiger partial charge in [-0.15, -0.1) is 0 Å². The normalized spacial score (nSPS) is 24.5. The maximum atomic E-state index is 10.7. The minimum atomic E-state index is -6.09. The van der Waals surface area contributed by atoms with Gasteiger partial charge in [0.2, 0.25) is 8.32 Å². The van der Waals surface area contributed by atoms with Crippen LogP contribution in [0.3, 0.4) is 0 Å². The Labute approximate surface area is 266 Å². The molecule has 3 aromatic rings. The van der Waals surface area contributed by atoms with Crippen LogP contribution in [-0.4, -0.2) is 32.5 Å². The van der Waals surface area contributed by atoms with Crippen LogP contribution in [0.25, 0.3) is 0 Å². The lowest BCUT2D eigenvalue weighted by Gasteiger charge is -2.39. The van der Waals surface area contributed by atoms with Crippen molar-refractivity contribution in [2.75, 3.05) is 0 Å². The van der Waals surface area contributed by atoms with Gasteiger partial charge in [-0.1, -0.05) is 87.5 Å². The van der Waals surface area contributed by atoms with Crippen LogP contribution in [0.5, 0.6) is 0 Å². The molecule has 0 heterocycles. The molecule has 0 radical (unpaired) electrons. The van der Waals surface area contributed by atoms with Crippen molar-refractivity contribution >= 4 is 41.6 Å². The summed E-state index contributed by atoms with van der Waals surface area (Å²) in [6.45, 7) is 11.9. The smallest absolute Gasteiger partial charge is 0.485 e. The van der Waals surface area contributed by atoms with Gasteiger partial charge in [-0.05, 0) is 78.9 Å². The van der Waals surface area contributed by atoms with Crippen molar-refractivity contribution in [3.05, 3.63) is 115 Å². The molecule has 0 spiro atoms. The van der Waals surface area contributed by atoms with Gasteiger partial charge in [-0.25, -0.2) is 8.42 Å². The van der Waals surface area contributed by atoms with Crippen LogP contribution in [0, 0.1) is 23.7 Å². The van der Waals surface area contributed by atoms with E-state index >= 15 is 0 Å². The molecular weight excluding hydrogens is 633 g/mol. The zero-order chi connectivity index (χ0) is 32.8. The Kier molecular flexibility index (Phi) is 9.08. The average molecular weight is 673 g/mol. The van der Waals surface area contributed by atoms with E-state index in [2.05, 4.69) is 143 Å². The van der Waals surface area contributed by atoms with Crippen LogP contribution < -0.4 is 15.9 Å². The molecule has 1 fully saturated rings. The molecule has 0 saturated heterocycles. The predicted molar refractivity (Wildman–Crippen MR) is 179 cm³/mol. The predicted octanol–water partition coefficient (Wildman–Crippen LogP) is 7.76. The van der Waals surface area contributed by atoms with Crippen molar-refractivity contribution in [2.45, 2.75) is 56.5 Å². The maximum Gasteiger partial charge on any atom is 0.485 e. The van der Waals surface area contributed by atoms with Crippen molar-refractivity contribution < 1.29 is 30.6 Å². The van der Waals surface area contributed by atoms with Crippen LogP contribution in [0.2, 0.25) is 18.1 Å². The van der Waals surface area contributed by atoms with E-state index in [4.69, 9.17) is 17.4 Å².